The third kappa shape index (κ3) is 2.05. The number of hydrogen-bond acceptors (Lipinski definition) is 4. The molecule has 1 fully saturated rings. The zero-order valence-electron chi connectivity index (χ0n) is 8.06. The molecule has 0 amide bonds. The number of pyridine rings is 1. The molecule has 78 valence electrons. The summed E-state index contributed by atoms with van der Waals surface area (Å²) < 4.78 is 18.5. The van der Waals surface area contributed by atoms with Crippen LogP contribution in [0.1, 0.15) is 0 Å². The monoisotopic (exact) mass is 207 g/mol. The molecule has 0 radical (unpaired) electrons. The number of aromatic nitrogens is 1. The fraction of sp³-hybridized carbons (Fsp3) is 0.400. The fourth-order valence-electron chi connectivity index (χ4n) is 1.53. The number of rotatable bonds is 1. The third-order valence-electron chi connectivity index (χ3n) is 2.25. The van der Waals surface area contributed by atoms with Gasteiger partial charge in [0.05, 0.1) is 19.2 Å². The first-order valence-electron chi connectivity index (χ1n) is 4.68. The van der Waals surface area contributed by atoms with Crippen LogP contribution in [0.3, 0.4) is 0 Å². The molecule has 1 aliphatic heterocycles. The standard InChI is InChI=1S/C10H10FN3O/c11-9-2-1-3-13-10(9)14-4-5-15-8(6-12)7-14/h1-3,8H,4-5,7H2. The molecule has 15 heavy (non-hydrogen) atoms. The summed E-state index contributed by atoms with van der Waals surface area (Å²) in [7, 11) is 0. The lowest BCUT2D eigenvalue weighted by molar-refractivity contribution is 0.0759. The maximum Gasteiger partial charge on any atom is 0.165 e. The predicted octanol–water partition coefficient (Wildman–Crippen LogP) is 0.949. The molecule has 1 aliphatic rings. The van der Waals surface area contributed by atoms with Gasteiger partial charge in [0.25, 0.3) is 0 Å². The molecule has 0 aliphatic carbocycles. The largest absolute Gasteiger partial charge is 0.360 e. The minimum atomic E-state index is -0.500. The van der Waals surface area contributed by atoms with Crippen molar-refractivity contribution < 1.29 is 9.13 Å². The summed E-state index contributed by atoms with van der Waals surface area (Å²) >= 11 is 0. The molecule has 5 heteroatoms. The van der Waals surface area contributed by atoms with E-state index in [-0.39, 0.29) is 5.82 Å². The van der Waals surface area contributed by atoms with E-state index in [2.05, 4.69) is 4.98 Å². The Morgan fingerprint density at radius 1 is 1.67 bits per heavy atom. The van der Waals surface area contributed by atoms with Crippen molar-refractivity contribution in [3.8, 4) is 6.07 Å². The number of nitrogens with zero attached hydrogens (tertiary/aromatic N) is 3. The summed E-state index contributed by atoms with van der Waals surface area (Å²) in [6.45, 7) is 1.35. The number of ether oxygens (including phenoxy) is 1. The zero-order valence-corrected chi connectivity index (χ0v) is 8.06. The molecule has 0 spiro atoms. The predicted molar refractivity (Wildman–Crippen MR) is 51.8 cm³/mol. The van der Waals surface area contributed by atoms with E-state index in [4.69, 9.17) is 10.00 Å². The first-order chi connectivity index (χ1) is 7.31. The average molecular weight is 207 g/mol. The van der Waals surface area contributed by atoms with E-state index in [1.54, 1.807) is 11.0 Å². The van der Waals surface area contributed by atoms with Crippen molar-refractivity contribution >= 4 is 5.82 Å². The van der Waals surface area contributed by atoms with Gasteiger partial charge in [0, 0.05) is 12.7 Å². The molecule has 1 saturated heterocycles. The van der Waals surface area contributed by atoms with Crippen LogP contribution in [0, 0.1) is 17.1 Å². The van der Waals surface area contributed by atoms with Gasteiger partial charge in [0.2, 0.25) is 0 Å². The Hall–Kier alpha value is -1.67. The molecule has 0 saturated carbocycles. The topological polar surface area (TPSA) is 49.2 Å². The first kappa shape index (κ1) is 9.87. The second kappa shape index (κ2) is 4.24. The number of anilines is 1. The van der Waals surface area contributed by atoms with Gasteiger partial charge in [-0.05, 0) is 12.1 Å². The smallest absolute Gasteiger partial charge is 0.165 e. The number of halogens is 1. The van der Waals surface area contributed by atoms with Crippen LogP contribution in [0.4, 0.5) is 10.2 Å². The van der Waals surface area contributed by atoms with Crippen molar-refractivity contribution in [3.63, 3.8) is 0 Å². The van der Waals surface area contributed by atoms with Gasteiger partial charge < -0.3 is 9.64 Å². The second-order valence-electron chi connectivity index (χ2n) is 3.24. The molecular formula is C10H10FN3O. The fourth-order valence-corrected chi connectivity index (χ4v) is 1.53. The lowest BCUT2D eigenvalue weighted by Gasteiger charge is -2.30. The Morgan fingerprint density at radius 2 is 2.53 bits per heavy atom. The van der Waals surface area contributed by atoms with Crippen LogP contribution < -0.4 is 4.90 Å². The Labute approximate surface area is 86.9 Å². The Bertz CT molecular complexity index is 390. The third-order valence-corrected chi connectivity index (χ3v) is 2.25. The minimum absolute atomic E-state index is 0.293. The van der Waals surface area contributed by atoms with Crippen LogP contribution in [0.25, 0.3) is 0 Å². The normalized spacial score (nSPS) is 21.1. The van der Waals surface area contributed by atoms with Crippen molar-refractivity contribution in [1.82, 2.24) is 4.98 Å². The van der Waals surface area contributed by atoms with E-state index >= 15 is 0 Å². The lowest BCUT2D eigenvalue weighted by atomic mass is 10.3. The van der Waals surface area contributed by atoms with Crippen molar-refractivity contribution in [1.29, 1.82) is 5.26 Å². The first-order valence-corrected chi connectivity index (χ1v) is 4.68. The molecule has 1 unspecified atom stereocenters. The van der Waals surface area contributed by atoms with Crippen LogP contribution in [0.15, 0.2) is 18.3 Å². The molecule has 2 rings (SSSR count). The van der Waals surface area contributed by atoms with E-state index in [1.807, 2.05) is 6.07 Å². The van der Waals surface area contributed by atoms with Crippen molar-refractivity contribution in [2.75, 3.05) is 24.6 Å². The number of hydrogen-bond donors (Lipinski definition) is 0. The van der Waals surface area contributed by atoms with Gasteiger partial charge in [0.1, 0.15) is 0 Å². The van der Waals surface area contributed by atoms with E-state index in [1.165, 1.54) is 12.3 Å². The Kier molecular flexibility index (Phi) is 2.79. The molecule has 1 aromatic heterocycles. The second-order valence-corrected chi connectivity index (χ2v) is 3.24. The van der Waals surface area contributed by atoms with Gasteiger partial charge in [-0.25, -0.2) is 9.37 Å². The van der Waals surface area contributed by atoms with Crippen molar-refractivity contribution in [2.24, 2.45) is 0 Å². The number of morpholine rings is 1. The summed E-state index contributed by atoms with van der Waals surface area (Å²) in [6, 6.07) is 4.91. The molecule has 0 aromatic carbocycles. The summed E-state index contributed by atoms with van der Waals surface area (Å²) in [6.07, 6.45) is 1.04. The van der Waals surface area contributed by atoms with Gasteiger partial charge in [-0.15, -0.1) is 0 Å². The van der Waals surface area contributed by atoms with Crippen LogP contribution in [0.2, 0.25) is 0 Å². The molecule has 0 N–H and O–H groups in total. The van der Waals surface area contributed by atoms with Gasteiger partial charge >= 0.3 is 0 Å². The van der Waals surface area contributed by atoms with Gasteiger partial charge in [-0.2, -0.15) is 5.26 Å². The molecule has 1 atom stereocenters. The maximum atomic E-state index is 13.4. The summed E-state index contributed by atoms with van der Waals surface area (Å²) in [4.78, 5) is 5.69. The molecular weight excluding hydrogens is 197 g/mol. The maximum absolute atomic E-state index is 13.4. The minimum Gasteiger partial charge on any atom is -0.360 e. The lowest BCUT2D eigenvalue weighted by Crippen LogP contribution is -2.42. The van der Waals surface area contributed by atoms with E-state index in [9.17, 15) is 4.39 Å². The van der Waals surface area contributed by atoms with Crippen LogP contribution in [-0.4, -0.2) is 30.8 Å². The van der Waals surface area contributed by atoms with Crippen molar-refractivity contribution in [3.05, 3.63) is 24.1 Å². The van der Waals surface area contributed by atoms with Crippen LogP contribution >= 0.6 is 0 Å². The summed E-state index contributed by atoms with van der Waals surface area (Å²) in [5, 5.41) is 8.71. The molecule has 4 nitrogen and oxygen atoms in total. The van der Waals surface area contributed by atoms with E-state index in [0.29, 0.717) is 25.5 Å². The highest BCUT2D eigenvalue weighted by Crippen LogP contribution is 2.17. The highest BCUT2D eigenvalue weighted by atomic mass is 19.1. The summed E-state index contributed by atoms with van der Waals surface area (Å²) in [5.41, 5.74) is 0. The quantitative estimate of drug-likeness (QED) is 0.688. The van der Waals surface area contributed by atoms with Gasteiger partial charge in [-0.1, -0.05) is 0 Å². The van der Waals surface area contributed by atoms with Crippen LogP contribution in [-0.2, 0) is 4.74 Å². The molecule has 0 bridgehead atoms. The van der Waals surface area contributed by atoms with E-state index < -0.39 is 6.10 Å². The average Bonchev–Trinajstić information content (AvgIpc) is 2.30. The highest BCUT2D eigenvalue weighted by molar-refractivity contribution is 5.40. The SMILES string of the molecule is N#CC1CN(c2ncccc2F)CCO1. The zero-order chi connectivity index (χ0) is 10.7. The van der Waals surface area contributed by atoms with Crippen molar-refractivity contribution in [2.45, 2.75) is 6.10 Å². The van der Waals surface area contributed by atoms with Gasteiger partial charge in [0.15, 0.2) is 17.7 Å². The molecule has 2 heterocycles. The van der Waals surface area contributed by atoms with Gasteiger partial charge in [-0.3, -0.25) is 0 Å². The number of nitriles is 1. The van der Waals surface area contributed by atoms with Crippen LogP contribution in [0.5, 0.6) is 0 Å². The molecule has 1 aromatic rings. The Morgan fingerprint density at radius 3 is 3.27 bits per heavy atom. The van der Waals surface area contributed by atoms with E-state index in [0.717, 1.165) is 0 Å². The summed E-state index contributed by atoms with van der Waals surface area (Å²) in [5.74, 6) is -0.0721. The Balaban J connectivity index is 2.18. The highest BCUT2D eigenvalue weighted by Gasteiger charge is 2.22.